The second-order valence-corrected chi connectivity index (χ2v) is 5.90. The Morgan fingerprint density at radius 1 is 1.17 bits per heavy atom. The lowest BCUT2D eigenvalue weighted by atomic mass is 10.2. The number of esters is 1. The van der Waals surface area contributed by atoms with Crippen LogP contribution in [0.15, 0.2) is 29.6 Å². The van der Waals surface area contributed by atoms with Crippen LogP contribution in [0.2, 0.25) is 0 Å². The molecule has 0 aliphatic rings. The molecule has 0 fully saturated rings. The second kappa shape index (κ2) is 6.71. The van der Waals surface area contributed by atoms with E-state index in [4.69, 9.17) is 4.74 Å². The van der Waals surface area contributed by atoms with Crippen LogP contribution < -0.4 is 5.32 Å². The van der Waals surface area contributed by atoms with Gasteiger partial charge in [-0.3, -0.25) is 4.79 Å². The molecule has 1 amide bonds. The van der Waals surface area contributed by atoms with Crippen LogP contribution in [0.25, 0.3) is 11.0 Å². The molecule has 0 saturated carbocycles. The quantitative estimate of drug-likeness (QED) is 0.733. The van der Waals surface area contributed by atoms with Crippen molar-refractivity contribution in [2.75, 3.05) is 5.32 Å². The van der Waals surface area contributed by atoms with E-state index in [1.54, 1.807) is 0 Å². The minimum Gasteiger partial charge on any atom is -0.454 e. The molecule has 8 heteroatoms. The standard InChI is InChI=1S/C16H14N4O3S/c1-9-13(19-12-6-4-3-5-11(12)17-9)7-23-15(22)14-8-24-16(20-14)18-10(2)21/h3-6,8H,7H2,1-2H3,(H,18,20,21). The van der Waals surface area contributed by atoms with E-state index in [0.29, 0.717) is 16.5 Å². The average molecular weight is 342 g/mol. The summed E-state index contributed by atoms with van der Waals surface area (Å²) in [7, 11) is 0. The monoisotopic (exact) mass is 342 g/mol. The molecule has 0 aliphatic heterocycles. The molecule has 0 aliphatic carbocycles. The number of aryl methyl sites for hydroxylation is 1. The molecule has 0 spiro atoms. The van der Waals surface area contributed by atoms with Crippen LogP contribution in [-0.2, 0) is 16.1 Å². The number of fused-ring (bicyclic) bond motifs is 1. The molecule has 0 radical (unpaired) electrons. The Labute approximate surface area is 141 Å². The number of hydrogen-bond acceptors (Lipinski definition) is 7. The van der Waals surface area contributed by atoms with Gasteiger partial charge in [-0.15, -0.1) is 11.3 Å². The van der Waals surface area contributed by atoms with Gasteiger partial charge in [0.1, 0.15) is 6.61 Å². The van der Waals surface area contributed by atoms with Crippen molar-refractivity contribution in [2.24, 2.45) is 0 Å². The fourth-order valence-electron chi connectivity index (χ4n) is 2.04. The maximum atomic E-state index is 12.1. The predicted molar refractivity (Wildman–Crippen MR) is 89.8 cm³/mol. The molecule has 122 valence electrons. The van der Waals surface area contributed by atoms with Gasteiger partial charge in [-0.1, -0.05) is 12.1 Å². The molecular formula is C16H14N4O3S. The van der Waals surface area contributed by atoms with Crippen LogP contribution in [0.1, 0.15) is 28.8 Å². The molecule has 2 heterocycles. The van der Waals surface area contributed by atoms with Crippen molar-refractivity contribution in [3.05, 3.63) is 46.7 Å². The van der Waals surface area contributed by atoms with E-state index in [-0.39, 0.29) is 18.2 Å². The highest BCUT2D eigenvalue weighted by Crippen LogP contribution is 2.17. The molecule has 0 atom stereocenters. The number of carbonyl (C=O) groups excluding carboxylic acids is 2. The summed E-state index contributed by atoms with van der Waals surface area (Å²) in [5.74, 6) is -0.816. The van der Waals surface area contributed by atoms with Gasteiger partial charge >= 0.3 is 5.97 Å². The van der Waals surface area contributed by atoms with Gasteiger partial charge in [0.05, 0.1) is 22.4 Å². The minimum atomic E-state index is -0.572. The highest BCUT2D eigenvalue weighted by molar-refractivity contribution is 7.14. The van der Waals surface area contributed by atoms with Crippen molar-refractivity contribution in [1.82, 2.24) is 15.0 Å². The lowest BCUT2D eigenvalue weighted by Gasteiger charge is -2.07. The second-order valence-electron chi connectivity index (χ2n) is 5.04. The molecule has 0 bridgehead atoms. The number of para-hydroxylation sites is 2. The third-order valence-electron chi connectivity index (χ3n) is 3.18. The number of rotatable bonds is 4. The number of nitrogens with one attached hydrogen (secondary N) is 1. The zero-order valence-corrected chi connectivity index (χ0v) is 13.9. The summed E-state index contributed by atoms with van der Waals surface area (Å²) < 4.78 is 5.25. The first kappa shape index (κ1) is 16.0. The zero-order chi connectivity index (χ0) is 17.1. The number of nitrogens with zero attached hydrogens (tertiary/aromatic N) is 3. The third-order valence-corrected chi connectivity index (χ3v) is 3.94. The van der Waals surface area contributed by atoms with Crippen molar-refractivity contribution in [3.8, 4) is 0 Å². The van der Waals surface area contributed by atoms with Gasteiger partial charge in [-0.2, -0.15) is 0 Å². The zero-order valence-electron chi connectivity index (χ0n) is 13.1. The van der Waals surface area contributed by atoms with E-state index in [9.17, 15) is 9.59 Å². The molecule has 0 unspecified atom stereocenters. The van der Waals surface area contributed by atoms with E-state index >= 15 is 0 Å². The van der Waals surface area contributed by atoms with Gasteiger partial charge in [0.2, 0.25) is 5.91 Å². The molecule has 1 aromatic carbocycles. The number of anilines is 1. The van der Waals surface area contributed by atoms with E-state index < -0.39 is 5.97 Å². The molecule has 3 aromatic rings. The van der Waals surface area contributed by atoms with Gasteiger partial charge in [0, 0.05) is 12.3 Å². The van der Waals surface area contributed by atoms with Gasteiger partial charge in [0.25, 0.3) is 0 Å². The Morgan fingerprint density at radius 2 is 1.88 bits per heavy atom. The summed E-state index contributed by atoms with van der Waals surface area (Å²) in [5.41, 5.74) is 2.99. The first-order valence-electron chi connectivity index (χ1n) is 7.15. The normalized spacial score (nSPS) is 10.6. The Balaban J connectivity index is 1.71. The number of thiazole rings is 1. The van der Waals surface area contributed by atoms with Crippen LogP contribution in [0.4, 0.5) is 5.13 Å². The van der Waals surface area contributed by atoms with E-state index in [0.717, 1.165) is 22.4 Å². The first-order valence-corrected chi connectivity index (χ1v) is 8.03. The maximum Gasteiger partial charge on any atom is 0.358 e. The minimum absolute atomic E-state index is 0.00942. The number of carbonyl (C=O) groups is 2. The van der Waals surface area contributed by atoms with Gasteiger partial charge in [0.15, 0.2) is 10.8 Å². The summed E-state index contributed by atoms with van der Waals surface area (Å²) in [4.78, 5) is 36.0. The van der Waals surface area contributed by atoms with Crippen molar-refractivity contribution in [3.63, 3.8) is 0 Å². The lowest BCUT2D eigenvalue weighted by Crippen LogP contribution is -2.10. The van der Waals surface area contributed by atoms with Crippen LogP contribution >= 0.6 is 11.3 Å². The molecule has 2 aromatic heterocycles. The van der Waals surface area contributed by atoms with Crippen molar-refractivity contribution in [2.45, 2.75) is 20.5 Å². The topological polar surface area (TPSA) is 94.1 Å². The number of ether oxygens (including phenoxy) is 1. The Morgan fingerprint density at radius 3 is 2.58 bits per heavy atom. The van der Waals surface area contributed by atoms with E-state index in [2.05, 4.69) is 20.3 Å². The summed E-state index contributed by atoms with van der Waals surface area (Å²) in [6.45, 7) is 3.20. The molecule has 1 N–H and O–H groups in total. The van der Waals surface area contributed by atoms with Crippen LogP contribution in [0.3, 0.4) is 0 Å². The Bertz CT molecular complexity index is 923. The van der Waals surface area contributed by atoms with Crippen LogP contribution in [0, 0.1) is 6.92 Å². The van der Waals surface area contributed by atoms with E-state index in [1.807, 2.05) is 31.2 Å². The highest BCUT2D eigenvalue weighted by atomic mass is 32.1. The summed E-state index contributed by atoms with van der Waals surface area (Å²) in [6.07, 6.45) is 0. The van der Waals surface area contributed by atoms with Crippen LogP contribution in [0.5, 0.6) is 0 Å². The summed E-state index contributed by atoms with van der Waals surface area (Å²) in [6, 6.07) is 7.50. The van der Waals surface area contributed by atoms with Gasteiger partial charge in [-0.25, -0.2) is 19.7 Å². The summed E-state index contributed by atoms with van der Waals surface area (Å²) in [5, 5.41) is 4.41. The maximum absolute atomic E-state index is 12.1. The molecule has 3 rings (SSSR count). The highest BCUT2D eigenvalue weighted by Gasteiger charge is 2.14. The van der Waals surface area contributed by atoms with Crippen molar-refractivity contribution < 1.29 is 14.3 Å². The molecule has 7 nitrogen and oxygen atoms in total. The Kier molecular flexibility index (Phi) is 4.48. The van der Waals surface area contributed by atoms with Gasteiger partial charge in [-0.05, 0) is 19.1 Å². The summed E-state index contributed by atoms with van der Waals surface area (Å²) >= 11 is 1.16. The SMILES string of the molecule is CC(=O)Nc1nc(C(=O)OCc2nc3ccccc3nc2C)cs1. The average Bonchev–Trinajstić information content (AvgIpc) is 3.00. The first-order chi connectivity index (χ1) is 11.5. The molecule has 0 saturated heterocycles. The fraction of sp³-hybridized carbons (Fsp3) is 0.188. The lowest BCUT2D eigenvalue weighted by molar-refractivity contribution is -0.114. The molecular weight excluding hydrogens is 328 g/mol. The predicted octanol–water partition coefficient (Wildman–Crippen LogP) is 2.71. The number of aromatic nitrogens is 3. The Hall–Kier alpha value is -2.87. The largest absolute Gasteiger partial charge is 0.454 e. The third kappa shape index (κ3) is 3.54. The van der Waals surface area contributed by atoms with Gasteiger partial charge < -0.3 is 10.1 Å². The smallest absolute Gasteiger partial charge is 0.358 e. The van der Waals surface area contributed by atoms with Crippen molar-refractivity contribution >= 4 is 39.4 Å². The number of benzene rings is 1. The fourth-order valence-corrected chi connectivity index (χ4v) is 2.77. The van der Waals surface area contributed by atoms with Crippen molar-refractivity contribution in [1.29, 1.82) is 0 Å². The van der Waals surface area contributed by atoms with E-state index in [1.165, 1.54) is 12.3 Å². The molecule has 24 heavy (non-hydrogen) atoms. The number of hydrogen-bond donors (Lipinski definition) is 1. The number of amides is 1. The van der Waals surface area contributed by atoms with Crippen LogP contribution in [-0.4, -0.2) is 26.8 Å².